The molecule has 2 N–H and O–H groups in total. The molecule has 0 spiro atoms. The molecule has 0 bridgehead atoms. The number of carbonyl (C=O) groups excluding carboxylic acids is 2. The Kier molecular flexibility index (Phi) is 7.89. The van der Waals surface area contributed by atoms with Crippen molar-refractivity contribution in [2.24, 2.45) is 0 Å². The van der Waals surface area contributed by atoms with Crippen LogP contribution >= 0.6 is 11.8 Å². The molecule has 0 aliphatic heterocycles. The topological polar surface area (TPSA) is 67.4 Å². The predicted molar refractivity (Wildman–Crippen MR) is 126 cm³/mol. The van der Waals surface area contributed by atoms with Crippen LogP contribution < -0.4 is 15.4 Å². The summed E-state index contributed by atoms with van der Waals surface area (Å²) in [5, 5.41) is 5.74. The average molecular weight is 453 g/mol. The minimum Gasteiger partial charge on any atom is -0.496 e. The van der Waals surface area contributed by atoms with Crippen molar-refractivity contribution in [3.8, 4) is 5.75 Å². The van der Waals surface area contributed by atoms with Crippen LogP contribution in [0, 0.1) is 12.7 Å². The van der Waals surface area contributed by atoms with Crippen molar-refractivity contribution >= 4 is 29.3 Å². The highest BCUT2D eigenvalue weighted by Crippen LogP contribution is 2.28. The Labute approximate surface area is 191 Å². The highest BCUT2D eigenvalue weighted by atomic mass is 32.2. The molecule has 0 saturated heterocycles. The number of methoxy groups -OCH3 is 1. The Morgan fingerprint density at radius 3 is 2.50 bits per heavy atom. The molecule has 2 amide bonds. The van der Waals surface area contributed by atoms with E-state index in [1.807, 2.05) is 37.3 Å². The van der Waals surface area contributed by atoms with Gasteiger partial charge in [0.2, 0.25) is 5.91 Å². The van der Waals surface area contributed by atoms with E-state index < -0.39 is 11.9 Å². The minimum atomic E-state index is -0.476. The maximum Gasteiger partial charge on any atom is 0.252 e. The average Bonchev–Trinajstić information content (AvgIpc) is 2.79. The molecule has 0 fully saturated rings. The van der Waals surface area contributed by atoms with Gasteiger partial charge in [-0.3, -0.25) is 9.59 Å². The first-order valence-electron chi connectivity index (χ1n) is 10.1. The van der Waals surface area contributed by atoms with Crippen LogP contribution in [0.5, 0.6) is 5.75 Å². The van der Waals surface area contributed by atoms with Crippen molar-refractivity contribution in [1.82, 2.24) is 5.32 Å². The van der Waals surface area contributed by atoms with Crippen LogP contribution in [0.15, 0.2) is 71.6 Å². The summed E-state index contributed by atoms with van der Waals surface area (Å²) in [7, 11) is 1.50. The number of aryl methyl sites for hydroxylation is 1. The van der Waals surface area contributed by atoms with Gasteiger partial charge >= 0.3 is 0 Å². The van der Waals surface area contributed by atoms with E-state index in [9.17, 15) is 14.0 Å². The van der Waals surface area contributed by atoms with Gasteiger partial charge in [0.05, 0.1) is 24.5 Å². The van der Waals surface area contributed by atoms with Crippen molar-refractivity contribution < 1.29 is 18.7 Å². The predicted octanol–water partition coefficient (Wildman–Crippen LogP) is 5.36. The summed E-state index contributed by atoms with van der Waals surface area (Å²) < 4.78 is 19.0. The van der Waals surface area contributed by atoms with E-state index >= 15 is 0 Å². The van der Waals surface area contributed by atoms with Gasteiger partial charge in [-0.25, -0.2) is 4.39 Å². The zero-order chi connectivity index (χ0) is 23.1. The van der Waals surface area contributed by atoms with Crippen molar-refractivity contribution in [2.75, 3.05) is 18.2 Å². The number of nitrogens with one attached hydrogen (secondary N) is 2. The van der Waals surface area contributed by atoms with Gasteiger partial charge in [-0.05, 0) is 56.3 Å². The van der Waals surface area contributed by atoms with Crippen molar-refractivity contribution in [3.63, 3.8) is 0 Å². The standard InChI is InChI=1S/C25H25FN2O3S/c1-16-8-11-19(12-9-16)28-24(29)15-32-23-7-5-4-6-20(23)25(30)27-17(2)21-14-18(26)10-13-22(21)31-3/h4-14,17H,15H2,1-3H3,(H,27,30)(H,28,29). The third-order valence-electron chi connectivity index (χ3n) is 4.83. The third kappa shape index (κ3) is 6.11. The van der Waals surface area contributed by atoms with Gasteiger partial charge in [0.25, 0.3) is 5.91 Å². The molecule has 1 unspecified atom stereocenters. The van der Waals surface area contributed by atoms with Crippen LogP contribution in [-0.4, -0.2) is 24.7 Å². The molecule has 3 aromatic carbocycles. The SMILES string of the molecule is COc1ccc(F)cc1C(C)NC(=O)c1ccccc1SCC(=O)Nc1ccc(C)cc1. The van der Waals surface area contributed by atoms with E-state index in [-0.39, 0.29) is 17.6 Å². The monoisotopic (exact) mass is 452 g/mol. The second kappa shape index (κ2) is 10.8. The molecule has 166 valence electrons. The van der Waals surface area contributed by atoms with Gasteiger partial charge in [0.15, 0.2) is 0 Å². The first-order valence-corrected chi connectivity index (χ1v) is 11.1. The van der Waals surface area contributed by atoms with Crippen LogP contribution in [0.25, 0.3) is 0 Å². The Morgan fingerprint density at radius 1 is 1.06 bits per heavy atom. The number of halogens is 1. The lowest BCUT2D eigenvalue weighted by Crippen LogP contribution is -2.27. The first kappa shape index (κ1) is 23.3. The molecule has 0 saturated carbocycles. The summed E-state index contributed by atoms with van der Waals surface area (Å²) in [6.07, 6.45) is 0. The molecule has 0 aliphatic rings. The van der Waals surface area contributed by atoms with Crippen LogP contribution in [0.3, 0.4) is 0 Å². The number of hydrogen-bond acceptors (Lipinski definition) is 4. The molecule has 0 heterocycles. The number of hydrogen-bond donors (Lipinski definition) is 2. The van der Waals surface area contributed by atoms with Gasteiger partial charge in [-0.15, -0.1) is 11.8 Å². The summed E-state index contributed by atoms with van der Waals surface area (Å²) >= 11 is 1.28. The summed E-state index contributed by atoms with van der Waals surface area (Å²) in [5.41, 5.74) is 2.83. The largest absolute Gasteiger partial charge is 0.496 e. The van der Waals surface area contributed by atoms with Crippen LogP contribution in [0.2, 0.25) is 0 Å². The van der Waals surface area contributed by atoms with E-state index in [0.717, 1.165) is 11.3 Å². The molecular weight excluding hydrogens is 427 g/mol. The van der Waals surface area contributed by atoms with Crippen molar-refractivity contribution in [1.29, 1.82) is 0 Å². The number of benzene rings is 3. The molecule has 5 nitrogen and oxygen atoms in total. The van der Waals surface area contributed by atoms with Gasteiger partial charge in [0, 0.05) is 16.1 Å². The molecule has 32 heavy (non-hydrogen) atoms. The highest BCUT2D eigenvalue weighted by Gasteiger charge is 2.18. The van der Waals surface area contributed by atoms with Gasteiger partial charge in [-0.2, -0.15) is 0 Å². The Bertz CT molecular complexity index is 1100. The summed E-state index contributed by atoms with van der Waals surface area (Å²) in [5.74, 6) is -0.226. The van der Waals surface area contributed by atoms with Crippen molar-refractivity contribution in [3.05, 3.63) is 89.2 Å². The maximum atomic E-state index is 13.7. The van der Waals surface area contributed by atoms with Crippen LogP contribution in [0.4, 0.5) is 10.1 Å². The lowest BCUT2D eigenvalue weighted by atomic mass is 10.1. The number of rotatable bonds is 8. The van der Waals surface area contributed by atoms with Crippen LogP contribution in [0.1, 0.15) is 34.5 Å². The minimum absolute atomic E-state index is 0.158. The molecule has 7 heteroatoms. The fourth-order valence-electron chi connectivity index (χ4n) is 3.15. The van der Waals surface area contributed by atoms with Gasteiger partial charge in [-0.1, -0.05) is 29.8 Å². The highest BCUT2D eigenvalue weighted by molar-refractivity contribution is 8.00. The van der Waals surface area contributed by atoms with Gasteiger partial charge in [0.1, 0.15) is 11.6 Å². The zero-order valence-corrected chi connectivity index (χ0v) is 19.0. The van der Waals surface area contributed by atoms with E-state index in [4.69, 9.17) is 4.74 Å². The zero-order valence-electron chi connectivity index (χ0n) is 18.1. The van der Waals surface area contributed by atoms with E-state index in [1.54, 1.807) is 25.1 Å². The quantitative estimate of drug-likeness (QED) is 0.451. The number of amides is 2. The van der Waals surface area contributed by atoms with Crippen molar-refractivity contribution in [2.45, 2.75) is 24.8 Å². The third-order valence-corrected chi connectivity index (χ3v) is 5.91. The molecule has 3 rings (SSSR count). The second-order valence-corrected chi connectivity index (χ2v) is 8.30. The van der Waals surface area contributed by atoms with Crippen LogP contribution in [-0.2, 0) is 4.79 Å². The number of thioether (sulfide) groups is 1. The summed E-state index contributed by atoms with van der Waals surface area (Å²) in [6.45, 7) is 3.74. The molecule has 3 aromatic rings. The van der Waals surface area contributed by atoms with E-state index in [0.29, 0.717) is 21.8 Å². The number of ether oxygens (including phenoxy) is 1. The lowest BCUT2D eigenvalue weighted by molar-refractivity contribution is -0.113. The fraction of sp³-hybridized carbons (Fsp3) is 0.200. The number of anilines is 1. The number of carbonyl (C=O) groups is 2. The smallest absolute Gasteiger partial charge is 0.252 e. The summed E-state index contributed by atoms with van der Waals surface area (Å²) in [4.78, 5) is 26.0. The normalized spacial score (nSPS) is 11.5. The van der Waals surface area contributed by atoms with Gasteiger partial charge < -0.3 is 15.4 Å². The molecule has 0 radical (unpaired) electrons. The molecular formula is C25H25FN2O3S. The summed E-state index contributed by atoms with van der Waals surface area (Å²) in [6, 6.07) is 18.3. The second-order valence-electron chi connectivity index (χ2n) is 7.28. The van der Waals surface area contributed by atoms with E-state index in [2.05, 4.69) is 10.6 Å². The fourth-order valence-corrected chi connectivity index (χ4v) is 4.00. The molecule has 0 aliphatic carbocycles. The Morgan fingerprint density at radius 2 is 1.78 bits per heavy atom. The lowest BCUT2D eigenvalue weighted by Gasteiger charge is -2.18. The Balaban J connectivity index is 1.66. The first-order chi connectivity index (χ1) is 15.4. The Hall–Kier alpha value is -3.32. The molecule has 0 aromatic heterocycles. The maximum absolute atomic E-state index is 13.7. The van der Waals surface area contributed by atoms with E-state index in [1.165, 1.54) is 37.1 Å². The molecule has 1 atom stereocenters.